The SMILES string of the molecule is Cc1nccn1CCC(=O)c1ccc(Oc2ccc(Cl)cc2Cl)cc1. The summed E-state index contributed by atoms with van der Waals surface area (Å²) in [7, 11) is 0. The van der Waals surface area contributed by atoms with Crippen LogP contribution in [0.5, 0.6) is 11.5 Å². The van der Waals surface area contributed by atoms with Gasteiger partial charge in [-0.3, -0.25) is 4.79 Å². The van der Waals surface area contributed by atoms with Crippen LogP contribution in [0, 0.1) is 6.92 Å². The van der Waals surface area contributed by atoms with E-state index in [1.54, 1.807) is 48.7 Å². The number of ketones is 1. The molecule has 0 spiro atoms. The van der Waals surface area contributed by atoms with Crippen LogP contribution in [0.4, 0.5) is 0 Å². The van der Waals surface area contributed by atoms with Crippen LogP contribution in [0.15, 0.2) is 54.9 Å². The lowest BCUT2D eigenvalue weighted by molar-refractivity contribution is 0.0977. The third kappa shape index (κ3) is 4.41. The van der Waals surface area contributed by atoms with Gasteiger partial charge in [0.2, 0.25) is 0 Å². The number of carbonyl (C=O) groups excluding carboxylic acids is 1. The van der Waals surface area contributed by atoms with Crippen molar-refractivity contribution in [2.75, 3.05) is 0 Å². The first kappa shape index (κ1) is 17.5. The molecule has 0 N–H and O–H groups in total. The minimum atomic E-state index is 0.0733. The van der Waals surface area contributed by atoms with E-state index >= 15 is 0 Å². The molecule has 128 valence electrons. The molecule has 6 heteroatoms. The summed E-state index contributed by atoms with van der Waals surface area (Å²) in [5.41, 5.74) is 0.646. The number of ether oxygens (including phenoxy) is 1. The lowest BCUT2D eigenvalue weighted by Gasteiger charge is -2.09. The van der Waals surface area contributed by atoms with Crippen LogP contribution in [0.25, 0.3) is 0 Å². The fourth-order valence-corrected chi connectivity index (χ4v) is 2.85. The van der Waals surface area contributed by atoms with Crippen LogP contribution in [0.1, 0.15) is 22.6 Å². The fourth-order valence-electron chi connectivity index (χ4n) is 2.40. The van der Waals surface area contributed by atoms with Crippen LogP contribution >= 0.6 is 23.2 Å². The number of carbonyl (C=O) groups is 1. The van der Waals surface area contributed by atoms with Gasteiger partial charge in [0.1, 0.15) is 17.3 Å². The number of imidazole rings is 1. The van der Waals surface area contributed by atoms with Crippen LogP contribution in [-0.4, -0.2) is 15.3 Å². The predicted molar refractivity (Wildman–Crippen MR) is 98.9 cm³/mol. The molecule has 0 saturated heterocycles. The summed E-state index contributed by atoms with van der Waals surface area (Å²) in [6.07, 6.45) is 4.02. The summed E-state index contributed by atoms with van der Waals surface area (Å²) in [6.45, 7) is 2.53. The van der Waals surface area contributed by atoms with E-state index in [1.807, 2.05) is 17.7 Å². The molecule has 0 aliphatic heterocycles. The third-order valence-corrected chi connectivity index (χ3v) is 4.33. The maximum absolute atomic E-state index is 12.3. The lowest BCUT2D eigenvalue weighted by atomic mass is 10.1. The molecule has 0 fully saturated rings. The number of benzene rings is 2. The van der Waals surface area contributed by atoms with Crippen LogP contribution in [0.3, 0.4) is 0 Å². The molecule has 0 amide bonds. The number of hydrogen-bond acceptors (Lipinski definition) is 3. The average Bonchev–Trinajstić information content (AvgIpc) is 3.01. The topological polar surface area (TPSA) is 44.1 Å². The third-order valence-electron chi connectivity index (χ3n) is 3.80. The molecule has 3 rings (SSSR count). The van der Waals surface area contributed by atoms with Gasteiger partial charge in [0.05, 0.1) is 5.02 Å². The van der Waals surface area contributed by atoms with Crippen molar-refractivity contribution in [3.63, 3.8) is 0 Å². The Balaban J connectivity index is 1.63. The molecule has 0 radical (unpaired) electrons. The minimum Gasteiger partial charge on any atom is -0.456 e. The average molecular weight is 375 g/mol. The van der Waals surface area contributed by atoms with Gasteiger partial charge < -0.3 is 9.30 Å². The molecular formula is C19H16Cl2N2O2. The van der Waals surface area contributed by atoms with Crippen molar-refractivity contribution in [1.82, 2.24) is 9.55 Å². The lowest BCUT2D eigenvalue weighted by Crippen LogP contribution is -2.06. The molecule has 3 aromatic rings. The molecule has 0 unspecified atom stereocenters. The predicted octanol–water partition coefficient (Wildman–Crippen LogP) is 5.56. The van der Waals surface area contributed by atoms with E-state index in [-0.39, 0.29) is 5.78 Å². The second-order valence-electron chi connectivity index (χ2n) is 5.54. The monoisotopic (exact) mass is 374 g/mol. The van der Waals surface area contributed by atoms with Crippen LogP contribution in [0.2, 0.25) is 10.0 Å². The number of rotatable bonds is 6. The van der Waals surface area contributed by atoms with Crippen molar-refractivity contribution >= 4 is 29.0 Å². The molecule has 0 saturated carbocycles. The first-order valence-corrected chi connectivity index (χ1v) is 8.52. The Morgan fingerprint density at radius 2 is 1.92 bits per heavy atom. The largest absolute Gasteiger partial charge is 0.456 e. The zero-order chi connectivity index (χ0) is 17.8. The van der Waals surface area contributed by atoms with Crippen molar-refractivity contribution in [3.8, 4) is 11.5 Å². The van der Waals surface area contributed by atoms with Crippen molar-refractivity contribution in [1.29, 1.82) is 0 Å². The highest BCUT2D eigenvalue weighted by Gasteiger charge is 2.09. The van der Waals surface area contributed by atoms with Crippen LogP contribution < -0.4 is 4.74 Å². The van der Waals surface area contributed by atoms with E-state index in [1.165, 1.54) is 0 Å². The summed E-state index contributed by atoms with van der Waals surface area (Å²) in [5, 5.41) is 0.981. The van der Waals surface area contributed by atoms with Crippen molar-refractivity contribution < 1.29 is 9.53 Å². The first-order valence-electron chi connectivity index (χ1n) is 7.77. The zero-order valence-electron chi connectivity index (χ0n) is 13.6. The highest BCUT2D eigenvalue weighted by molar-refractivity contribution is 6.35. The Bertz CT molecular complexity index is 889. The summed E-state index contributed by atoms with van der Waals surface area (Å²) in [6, 6.07) is 12.0. The Hall–Kier alpha value is -2.30. The number of halogens is 2. The van der Waals surface area contributed by atoms with Crippen molar-refractivity contribution in [3.05, 3.63) is 76.3 Å². The van der Waals surface area contributed by atoms with Gasteiger partial charge in [-0.2, -0.15) is 0 Å². The minimum absolute atomic E-state index is 0.0733. The van der Waals surface area contributed by atoms with E-state index in [0.29, 0.717) is 40.1 Å². The second kappa shape index (κ2) is 7.72. The highest BCUT2D eigenvalue weighted by atomic mass is 35.5. The number of nitrogens with zero attached hydrogens (tertiary/aromatic N) is 2. The number of Topliss-reactive ketones (excluding diaryl/α,β-unsaturated/α-hetero) is 1. The molecule has 2 aromatic carbocycles. The molecule has 25 heavy (non-hydrogen) atoms. The first-order chi connectivity index (χ1) is 12.0. The van der Waals surface area contributed by atoms with Gasteiger partial charge in [0.25, 0.3) is 0 Å². The number of hydrogen-bond donors (Lipinski definition) is 0. The van der Waals surface area contributed by atoms with Gasteiger partial charge in [-0.1, -0.05) is 23.2 Å². The van der Waals surface area contributed by atoms with Gasteiger partial charge in [-0.15, -0.1) is 0 Å². The summed E-state index contributed by atoms with van der Waals surface area (Å²) in [5.74, 6) is 2.09. The molecule has 0 bridgehead atoms. The van der Waals surface area contributed by atoms with Gasteiger partial charge in [0.15, 0.2) is 5.78 Å². The van der Waals surface area contributed by atoms with E-state index in [9.17, 15) is 4.79 Å². The maximum atomic E-state index is 12.3. The standard InChI is InChI=1S/C19H16Cl2N2O2/c1-13-22-9-11-23(13)10-8-18(24)14-2-5-16(6-3-14)25-19-7-4-15(20)12-17(19)21/h2-7,9,11-12H,8,10H2,1H3. The maximum Gasteiger partial charge on any atom is 0.164 e. The van der Waals surface area contributed by atoms with E-state index in [2.05, 4.69) is 4.98 Å². The molecule has 1 heterocycles. The molecule has 0 aliphatic rings. The molecule has 1 aromatic heterocycles. The molecule has 0 aliphatic carbocycles. The Morgan fingerprint density at radius 1 is 1.16 bits per heavy atom. The van der Waals surface area contributed by atoms with E-state index < -0.39 is 0 Å². The Kier molecular flexibility index (Phi) is 5.41. The summed E-state index contributed by atoms with van der Waals surface area (Å²) < 4.78 is 7.68. The van der Waals surface area contributed by atoms with Gasteiger partial charge in [-0.05, 0) is 49.4 Å². The highest BCUT2D eigenvalue weighted by Crippen LogP contribution is 2.31. The van der Waals surface area contributed by atoms with Gasteiger partial charge in [-0.25, -0.2) is 4.98 Å². The Morgan fingerprint density at radius 3 is 2.56 bits per heavy atom. The second-order valence-corrected chi connectivity index (χ2v) is 6.39. The normalized spacial score (nSPS) is 10.7. The quantitative estimate of drug-likeness (QED) is 0.530. The van der Waals surface area contributed by atoms with Crippen molar-refractivity contribution in [2.24, 2.45) is 0 Å². The van der Waals surface area contributed by atoms with Gasteiger partial charge in [0, 0.05) is 35.9 Å². The smallest absolute Gasteiger partial charge is 0.164 e. The Labute approximate surface area is 156 Å². The summed E-state index contributed by atoms with van der Waals surface area (Å²) >= 11 is 12.0. The molecule has 4 nitrogen and oxygen atoms in total. The molecular weight excluding hydrogens is 359 g/mol. The number of aryl methyl sites for hydroxylation is 2. The van der Waals surface area contributed by atoms with Crippen LogP contribution in [-0.2, 0) is 6.54 Å². The molecule has 0 atom stereocenters. The van der Waals surface area contributed by atoms with E-state index in [0.717, 1.165) is 5.82 Å². The number of aromatic nitrogens is 2. The van der Waals surface area contributed by atoms with Crippen molar-refractivity contribution in [2.45, 2.75) is 19.9 Å². The van der Waals surface area contributed by atoms with E-state index in [4.69, 9.17) is 27.9 Å². The van der Waals surface area contributed by atoms with Gasteiger partial charge >= 0.3 is 0 Å². The fraction of sp³-hybridized carbons (Fsp3) is 0.158. The summed E-state index contributed by atoms with van der Waals surface area (Å²) in [4.78, 5) is 16.4. The zero-order valence-corrected chi connectivity index (χ0v) is 15.1.